The molecule has 88 valence electrons. The molecule has 0 bridgehead atoms. The lowest BCUT2D eigenvalue weighted by atomic mass is 10.2. The number of nitrogens with zero attached hydrogens (tertiary/aromatic N) is 2. The van der Waals surface area contributed by atoms with Gasteiger partial charge in [0, 0.05) is 16.0 Å². The zero-order valence-electron chi connectivity index (χ0n) is 8.93. The number of aryl methyl sites for hydroxylation is 2. The summed E-state index contributed by atoms with van der Waals surface area (Å²) in [5.74, 6) is -1.12. The van der Waals surface area contributed by atoms with Gasteiger partial charge in [-0.1, -0.05) is 11.8 Å². The molecule has 0 N–H and O–H groups in total. The lowest BCUT2D eigenvalue weighted by molar-refractivity contribution is -0.301. The van der Waals surface area contributed by atoms with E-state index in [9.17, 15) is 9.90 Å². The van der Waals surface area contributed by atoms with Crippen LogP contribution >= 0.6 is 23.1 Å². The minimum atomic E-state index is -1.06. The van der Waals surface area contributed by atoms with E-state index in [4.69, 9.17) is 0 Å². The fraction of sp³-hybridized carbons (Fsp3) is 0.364. The summed E-state index contributed by atoms with van der Waals surface area (Å²) in [6.45, 7) is 0. The molecule has 0 saturated carbocycles. The molecule has 1 aliphatic rings. The molecule has 0 aromatic carbocycles. The van der Waals surface area contributed by atoms with E-state index in [2.05, 4.69) is 9.97 Å². The van der Waals surface area contributed by atoms with E-state index in [1.54, 1.807) is 11.3 Å². The van der Waals surface area contributed by atoms with Crippen molar-refractivity contribution in [3.05, 3.63) is 16.8 Å². The summed E-state index contributed by atoms with van der Waals surface area (Å²) in [5.41, 5.74) is 1.33. The number of carbonyl (C=O) groups is 1. The van der Waals surface area contributed by atoms with Crippen molar-refractivity contribution in [2.24, 2.45) is 0 Å². The molecule has 4 nitrogen and oxygen atoms in total. The van der Waals surface area contributed by atoms with Gasteiger partial charge in [-0.25, -0.2) is 9.97 Å². The normalized spacial score (nSPS) is 14.1. The molecule has 0 unspecified atom stereocenters. The zero-order valence-corrected chi connectivity index (χ0v) is 10.6. The summed E-state index contributed by atoms with van der Waals surface area (Å²) in [7, 11) is 0. The molecule has 0 radical (unpaired) electrons. The number of hydrogen-bond donors (Lipinski definition) is 0. The molecule has 2 aromatic heterocycles. The molecule has 3 rings (SSSR count). The largest absolute Gasteiger partial charge is 0.549 e. The molecule has 1 aliphatic carbocycles. The molecule has 6 heteroatoms. The second-order valence-electron chi connectivity index (χ2n) is 3.88. The van der Waals surface area contributed by atoms with Gasteiger partial charge >= 0.3 is 0 Å². The Morgan fingerprint density at radius 2 is 2.35 bits per heavy atom. The quantitative estimate of drug-likeness (QED) is 0.612. The van der Waals surface area contributed by atoms with E-state index >= 15 is 0 Å². The first-order valence-electron chi connectivity index (χ1n) is 5.33. The number of carbonyl (C=O) groups excluding carboxylic acids is 1. The van der Waals surface area contributed by atoms with Crippen LogP contribution in [0.15, 0.2) is 11.4 Å². The van der Waals surface area contributed by atoms with E-state index in [1.807, 2.05) is 0 Å². The lowest BCUT2D eigenvalue weighted by Crippen LogP contribution is -2.24. The van der Waals surface area contributed by atoms with Crippen molar-refractivity contribution in [2.45, 2.75) is 24.3 Å². The molecule has 0 spiro atoms. The monoisotopic (exact) mass is 265 g/mol. The Hall–Kier alpha value is -1.14. The van der Waals surface area contributed by atoms with E-state index in [1.165, 1.54) is 35.0 Å². The van der Waals surface area contributed by atoms with E-state index in [0.29, 0.717) is 0 Å². The van der Waals surface area contributed by atoms with Gasteiger partial charge in [0.05, 0.1) is 5.97 Å². The molecule has 0 saturated heterocycles. The molecule has 0 atom stereocenters. The smallest absolute Gasteiger partial charge is 0.128 e. The van der Waals surface area contributed by atoms with Crippen LogP contribution in [-0.4, -0.2) is 21.7 Å². The average molecular weight is 265 g/mol. The second-order valence-corrected chi connectivity index (χ2v) is 5.92. The van der Waals surface area contributed by atoms with Crippen LogP contribution in [0.3, 0.4) is 0 Å². The van der Waals surface area contributed by atoms with Crippen LogP contribution in [0.2, 0.25) is 0 Å². The number of rotatable bonds is 3. The summed E-state index contributed by atoms with van der Waals surface area (Å²) in [6.07, 6.45) is 4.85. The van der Waals surface area contributed by atoms with Gasteiger partial charge in [0.15, 0.2) is 0 Å². The van der Waals surface area contributed by atoms with E-state index in [0.717, 1.165) is 28.1 Å². The van der Waals surface area contributed by atoms with E-state index in [-0.39, 0.29) is 5.75 Å². The molecular weight excluding hydrogens is 256 g/mol. The predicted molar refractivity (Wildman–Crippen MR) is 65.2 cm³/mol. The third kappa shape index (κ3) is 1.91. The van der Waals surface area contributed by atoms with Crippen molar-refractivity contribution in [1.29, 1.82) is 0 Å². The van der Waals surface area contributed by atoms with Gasteiger partial charge in [-0.2, -0.15) is 0 Å². The van der Waals surface area contributed by atoms with E-state index < -0.39 is 5.97 Å². The zero-order chi connectivity index (χ0) is 11.8. The van der Waals surface area contributed by atoms with Crippen molar-refractivity contribution in [3.63, 3.8) is 0 Å². The van der Waals surface area contributed by atoms with Gasteiger partial charge in [0.2, 0.25) is 0 Å². The molecular formula is C11H9N2O2S2-. The standard InChI is InChI=1S/C11H10N2O2S2/c14-8(15)4-16-10-9-6-2-1-3-7(6)17-11(9)13-5-12-10/h5H,1-4H2,(H,14,15)/p-1. The minimum absolute atomic E-state index is 0.0588. The Morgan fingerprint density at radius 3 is 3.18 bits per heavy atom. The molecule has 0 fully saturated rings. The Balaban J connectivity index is 2.08. The highest BCUT2D eigenvalue weighted by Gasteiger charge is 2.21. The van der Waals surface area contributed by atoms with Crippen LogP contribution in [0.25, 0.3) is 10.2 Å². The maximum absolute atomic E-state index is 10.5. The van der Waals surface area contributed by atoms with Crippen LogP contribution in [0.5, 0.6) is 0 Å². The number of carboxylic acid groups (broad SMARTS) is 1. The SMILES string of the molecule is O=C([O-])CSc1ncnc2sc3c(c12)CCC3. The Bertz CT molecular complexity index is 594. The van der Waals surface area contributed by atoms with Gasteiger partial charge < -0.3 is 9.90 Å². The average Bonchev–Trinajstić information content (AvgIpc) is 2.85. The van der Waals surface area contributed by atoms with Crippen molar-refractivity contribution in [2.75, 3.05) is 5.75 Å². The second kappa shape index (κ2) is 4.27. The first kappa shape index (κ1) is 11.0. The molecule has 0 aliphatic heterocycles. The number of aliphatic carboxylic acids is 1. The number of thioether (sulfide) groups is 1. The highest BCUT2D eigenvalue weighted by Crippen LogP contribution is 2.39. The van der Waals surface area contributed by atoms with Gasteiger partial charge in [0.1, 0.15) is 16.2 Å². The first-order valence-corrected chi connectivity index (χ1v) is 7.14. The Kier molecular flexibility index (Phi) is 2.76. The van der Waals surface area contributed by atoms with Crippen molar-refractivity contribution in [1.82, 2.24) is 9.97 Å². The Labute approximate surface area is 106 Å². The van der Waals surface area contributed by atoms with Crippen LogP contribution in [0.1, 0.15) is 16.9 Å². The first-order chi connectivity index (χ1) is 8.25. The maximum atomic E-state index is 10.5. The topological polar surface area (TPSA) is 65.9 Å². The number of carboxylic acids is 1. The third-order valence-corrected chi connectivity index (χ3v) is 4.96. The predicted octanol–water partition coefficient (Wildman–Crippen LogP) is 1.02. The van der Waals surface area contributed by atoms with Crippen molar-refractivity contribution < 1.29 is 9.90 Å². The molecule has 2 heterocycles. The van der Waals surface area contributed by atoms with Crippen LogP contribution in [0.4, 0.5) is 0 Å². The fourth-order valence-electron chi connectivity index (χ4n) is 2.14. The lowest BCUT2D eigenvalue weighted by Gasteiger charge is -2.04. The van der Waals surface area contributed by atoms with Crippen LogP contribution in [0, 0.1) is 0 Å². The van der Waals surface area contributed by atoms with Crippen LogP contribution in [-0.2, 0) is 17.6 Å². The number of hydrogen-bond acceptors (Lipinski definition) is 6. The number of thiophene rings is 1. The van der Waals surface area contributed by atoms with Gasteiger partial charge in [0.25, 0.3) is 0 Å². The maximum Gasteiger partial charge on any atom is 0.128 e. The number of aromatic nitrogens is 2. The summed E-state index contributed by atoms with van der Waals surface area (Å²) in [4.78, 5) is 21.3. The van der Waals surface area contributed by atoms with Gasteiger partial charge in [-0.05, 0) is 24.8 Å². The highest BCUT2D eigenvalue weighted by molar-refractivity contribution is 8.00. The van der Waals surface area contributed by atoms with Gasteiger partial charge in [-0.3, -0.25) is 0 Å². The third-order valence-electron chi connectivity index (χ3n) is 2.79. The van der Waals surface area contributed by atoms with Crippen molar-refractivity contribution in [3.8, 4) is 0 Å². The summed E-state index contributed by atoms with van der Waals surface area (Å²) < 4.78 is 0. The van der Waals surface area contributed by atoms with Gasteiger partial charge in [-0.15, -0.1) is 11.3 Å². The summed E-state index contributed by atoms with van der Waals surface area (Å²) in [5, 5.41) is 12.4. The van der Waals surface area contributed by atoms with Crippen LogP contribution < -0.4 is 5.11 Å². The summed E-state index contributed by atoms with van der Waals surface area (Å²) >= 11 is 2.93. The number of fused-ring (bicyclic) bond motifs is 3. The minimum Gasteiger partial charge on any atom is -0.549 e. The molecule has 17 heavy (non-hydrogen) atoms. The molecule has 0 amide bonds. The Morgan fingerprint density at radius 1 is 1.47 bits per heavy atom. The highest BCUT2D eigenvalue weighted by atomic mass is 32.2. The summed E-state index contributed by atoms with van der Waals surface area (Å²) in [6, 6.07) is 0. The van der Waals surface area contributed by atoms with Crippen molar-refractivity contribution >= 4 is 39.3 Å². The fourth-order valence-corrected chi connectivity index (χ4v) is 4.17. The molecule has 2 aromatic rings.